The Morgan fingerprint density at radius 2 is 1.64 bits per heavy atom. The van der Waals surface area contributed by atoms with E-state index in [1.807, 2.05) is 12.1 Å². The highest BCUT2D eigenvalue weighted by molar-refractivity contribution is 7.90. The molecule has 1 aromatic carbocycles. The van der Waals surface area contributed by atoms with Crippen LogP contribution in [-0.2, 0) is 53.4 Å². The summed E-state index contributed by atoms with van der Waals surface area (Å²) in [6, 6.07) is 4.34. The number of carbonyl (C=O) groups is 5. The molecule has 4 bridgehead atoms. The van der Waals surface area contributed by atoms with Crippen LogP contribution in [0.25, 0.3) is 0 Å². The van der Waals surface area contributed by atoms with Crippen molar-refractivity contribution in [2.75, 3.05) is 6.54 Å². The predicted octanol–water partition coefficient (Wildman–Crippen LogP) is 4.83. The lowest BCUT2D eigenvalue weighted by atomic mass is 9.83. The minimum atomic E-state index is -3.85. The number of aryl methyl sites for hydroxylation is 1. The van der Waals surface area contributed by atoms with Crippen molar-refractivity contribution in [3.8, 4) is 0 Å². The lowest BCUT2D eigenvalue weighted by molar-refractivity contribution is -0.143. The second kappa shape index (κ2) is 15.5. The largest absolute Gasteiger partial charge is 0.444 e. The van der Waals surface area contributed by atoms with E-state index in [0.717, 1.165) is 81.8 Å². The molecule has 7 rings (SSSR count). The molecule has 1 aromatic rings. The summed E-state index contributed by atoms with van der Waals surface area (Å²) in [5.41, 5.74) is 2.18. The maximum atomic E-state index is 14.7. The van der Waals surface area contributed by atoms with Crippen LogP contribution in [0.1, 0.15) is 119 Å². The molecule has 4 fully saturated rings. The first kappa shape index (κ1) is 37.6. The molecule has 0 spiro atoms. The van der Waals surface area contributed by atoms with Crippen LogP contribution in [0, 0.1) is 17.3 Å². The highest BCUT2D eigenvalue weighted by Gasteiger charge is 2.61. The molecule has 3 aliphatic heterocycles. The van der Waals surface area contributed by atoms with E-state index in [-0.39, 0.29) is 43.5 Å². The minimum absolute atomic E-state index is 0.0216. The highest BCUT2D eigenvalue weighted by Crippen LogP contribution is 2.57. The Morgan fingerprint density at radius 1 is 0.943 bits per heavy atom. The zero-order valence-corrected chi connectivity index (χ0v) is 31.5. The summed E-state index contributed by atoms with van der Waals surface area (Å²) in [4.78, 5) is 72.9. The van der Waals surface area contributed by atoms with Crippen LogP contribution in [0.4, 0.5) is 4.79 Å². The number of amides is 4. The average Bonchev–Trinajstić information content (AvgIpc) is 4.04. The van der Waals surface area contributed by atoms with Crippen LogP contribution in [0.5, 0.6) is 0 Å². The molecule has 3 aliphatic carbocycles. The zero-order chi connectivity index (χ0) is 37.3. The van der Waals surface area contributed by atoms with Crippen molar-refractivity contribution in [3.63, 3.8) is 0 Å². The minimum Gasteiger partial charge on any atom is -0.444 e. The summed E-state index contributed by atoms with van der Waals surface area (Å²) in [6.07, 6.45) is 11.7. The number of carbonyl (C=O) groups excluding carboxylic acids is 5. The summed E-state index contributed by atoms with van der Waals surface area (Å²) in [5.74, 6) is -2.16. The first-order valence-corrected chi connectivity index (χ1v) is 21.4. The molecule has 6 aliphatic rings. The van der Waals surface area contributed by atoms with Crippen LogP contribution < -0.4 is 10.0 Å². The Hall–Kier alpha value is -3.74. The number of sulfonamides is 1. The van der Waals surface area contributed by atoms with Gasteiger partial charge in [0.15, 0.2) is 5.78 Å². The van der Waals surface area contributed by atoms with Crippen molar-refractivity contribution in [2.24, 2.45) is 17.3 Å². The molecule has 2 N–H and O–H groups in total. The quantitative estimate of drug-likeness (QED) is 0.358. The number of nitrogens with one attached hydrogen (secondary N) is 2. The van der Waals surface area contributed by atoms with E-state index in [4.69, 9.17) is 4.74 Å². The molecule has 0 radical (unpaired) electrons. The van der Waals surface area contributed by atoms with Crippen molar-refractivity contribution in [2.45, 2.75) is 146 Å². The number of hydrogen-bond donors (Lipinski definition) is 2. The normalized spacial score (nSPS) is 30.3. The fourth-order valence-corrected chi connectivity index (χ4v) is 10.6. The van der Waals surface area contributed by atoms with E-state index in [1.54, 1.807) is 11.0 Å². The zero-order valence-electron chi connectivity index (χ0n) is 30.7. The van der Waals surface area contributed by atoms with Crippen LogP contribution in [0.15, 0.2) is 30.9 Å². The van der Waals surface area contributed by atoms with Crippen molar-refractivity contribution in [1.82, 2.24) is 19.8 Å². The monoisotopic (exact) mass is 750 g/mol. The van der Waals surface area contributed by atoms with Gasteiger partial charge in [0.25, 0.3) is 0 Å². The predicted molar refractivity (Wildman–Crippen MR) is 196 cm³/mol. The van der Waals surface area contributed by atoms with E-state index < -0.39 is 62.6 Å². The van der Waals surface area contributed by atoms with Gasteiger partial charge in [0.1, 0.15) is 12.1 Å². The average molecular weight is 751 g/mol. The Balaban J connectivity index is 1.15. The van der Waals surface area contributed by atoms with E-state index in [1.165, 1.54) is 10.5 Å². The second-order valence-corrected chi connectivity index (χ2v) is 18.4. The standard InChI is InChI=1S/C40H54N4O8S/c1-2-29-21-40(29,38(48)42-53(50,51)31-18-19-31)22-34(45)33-20-30-24-44(33)37(47)36(27-13-8-6-9-14-27)41-35(46)17-10-5-3-4-7-12-26-15-11-16-28-23-43(25-32(26)28)39(49)52-30/h2,11,15-16,27,29-31,33,36H,1,3-10,12-14,17-25H2,(H,41,46)(H,42,48)/t29-,30-,33+,36+,40-/m1/s1. The van der Waals surface area contributed by atoms with Gasteiger partial charge in [-0.15, -0.1) is 6.58 Å². The SMILES string of the molecule is C=C[C@@H]1C[C@]1(CC(=O)[C@@H]1C[C@@H]2CN1C(=O)[C@H](C1CCCCC1)NC(=O)CCCCCCCc1cccc3c1CN(C3)C(=O)O2)C(=O)NS(=O)(=O)C1CC1. The van der Waals surface area contributed by atoms with Gasteiger partial charge in [-0.1, -0.05) is 62.8 Å². The number of benzene rings is 1. The Morgan fingerprint density at radius 3 is 2.36 bits per heavy atom. The third kappa shape index (κ3) is 8.19. The van der Waals surface area contributed by atoms with Crippen LogP contribution in [-0.4, -0.2) is 77.8 Å². The van der Waals surface area contributed by atoms with Gasteiger partial charge < -0.3 is 15.0 Å². The second-order valence-electron chi connectivity index (χ2n) is 16.4. The summed E-state index contributed by atoms with van der Waals surface area (Å²) in [7, 11) is -3.85. The number of rotatable bonds is 8. The first-order valence-electron chi connectivity index (χ1n) is 19.9. The van der Waals surface area contributed by atoms with Gasteiger partial charge >= 0.3 is 6.09 Å². The van der Waals surface area contributed by atoms with Gasteiger partial charge in [0.05, 0.1) is 23.3 Å². The third-order valence-electron chi connectivity index (χ3n) is 12.6. The maximum Gasteiger partial charge on any atom is 0.410 e. The molecule has 3 saturated carbocycles. The summed E-state index contributed by atoms with van der Waals surface area (Å²) in [6.45, 7) is 4.65. The number of Topliss-reactive ketones (excluding diaryl/α,β-unsaturated/α-hetero) is 1. The topological polar surface area (TPSA) is 159 Å². The number of hydrogen-bond acceptors (Lipinski definition) is 8. The molecular formula is C40H54N4O8S. The van der Waals surface area contributed by atoms with Crippen LogP contribution >= 0.6 is 0 Å². The van der Waals surface area contributed by atoms with Gasteiger partial charge in [-0.2, -0.15) is 0 Å². The molecular weight excluding hydrogens is 697 g/mol. The van der Waals surface area contributed by atoms with Gasteiger partial charge in [-0.3, -0.25) is 28.8 Å². The molecule has 5 atom stereocenters. The van der Waals surface area contributed by atoms with E-state index in [0.29, 0.717) is 32.4 Å². The van der Waals surface area contributed by atoms with Gasteiger partial charge in [-0.25, -0.2) is 13.2 Å². The summed E-state index contributed by atoms with van der Waals surface area (Å²) in [5, 5.41) is 2.47. The lowest BCUT2D eigenvalue weighted by Crippen LogP contribution is -2.55. The third-order valence-corrected chi connectivity index (χ3v) is 14.5. The van der Waals surface area contributed by atoms with Crippen LogP contribution in [0.3, 0.4) is 0 Å². The molecule has 1 saturated heterocycles. The molecule has 288 valence electrons. The van der Waals surface area contributed by atoms with E-state index in [2.05, 4.69) is 22.7 Å². The molecule has 12 nitrogen and oxygen atoms in total. The van der Waals surface area contributed by atoms with Crippen molar-refractivity contribution >= 4 is 39.6 Å². The van der Waals surface area contributed by atoms with E-state index >= 15 is 0 Å². The lowest BCUT2D eigenvalue weighted by Gasteiger charge is -2.35. The molecule has 4 amide bonds. The fraction of sp³-hybridized carbons (Fsp3) is 0.675. The Labute approximate surface area is 312 Å². The molecule has 53 heavy (non-hydrogen) atoms. The maximum absolute atomic E-state index is 14.7. The summed E-state index contributed by atoms with van der Waals surface area (Å²) >= 11 is 0. The van der Waals surface area contributed by atoms with Crippen molar-refractivity contribution < 1.29 is 37.1 Å². The van der Waals surface area contributed by atoms with E-state index in [9.17, 15) is 32.4 Å². The molecule has 0 aromatic heterocycles. The smallest absolute Gasteiger partial charge is 0.410 e. The number of nitrogens with zero attached hydrogens (tertiary/aromatic N) is 2. The first-order chi connectivity index (χ1) is 25.5. The highest BCUT2D eigenvalue weighted by atomic mass is 32.2. The van der Waals surface area contributed by atoms with Crippen LogP contribution in [0.2, 0.25) is 0 Å². The number of allylic oxidation sites excluding steroid dienone is 1. The fourth-order valence-electron chi connectivity index (χ4n) is 9.22. The number of ketones is 1. The number of ether oxygens (including phenoxy) is 1. The van der Waals surface area contributed by atoms with Gasteiger partial charge in [0.2, 0.25) is 27.7 Å². The number of fused-ring (bicyclic) bond motifs is 3. The summed E-state index contributed by atoms with van der Waals surface area (Å²) < 4.78 is 33.8. The van der Waals surface area contributed by atoms with Gasteiger partial charge in [0, 0.05) is 32.4 Å². The van der Waals surface area contributed by atoms with Crippen molar-refractivity contribution in [3.05, 3.63) is 47.5 Å². The molecule has 0 unspecified atom stereocenters. The molecule has 13 heteroatoms. The molecule has 3 heterocycles. The van der Waals surface area contributed by atoms with Crippen molar-refractivity contribution in [1.29, 1.82) is 0 Å². The Bertz CT molecular complexity index is 1740. The Kier molecular flexibility index (Phi) is 11.0. The van der Waals surface area contributed by atoms with Gasteiger partial charge in [-0.05, 0) is 79.9 Å².